The highest BCUT2D eigenvalue weighted by Crippen LogP contribution is 2.27. The number of hydrogen-bond donors (Lipinski definition) is 1. The van der Waals surface area contributed by atoms with Crippen molar-refractivity contribution >= 4 is 17.5 Å². The molecule has 0 saturated carbocycles. The molecule has 19 heavy (non-hydrogen) atoms. The number of amides is 1. The monoisotopic (exact) mass is 283 g/mol. The van der Waals surface area contributed by atoms with Crippen molar-refractivity contribution in [3.63, 3.8) is 0 Å². The van der Waals surface area contributed by atoms with Crippen LogP contribution in [0.3, 0.4) is 0 Å². The Labute approximate surface area is 117 Å². The molecule has 2 rings (SSSR count). The molecule has 4 nitrogen and oxygen atoms in total. The lowest BCUT2D eigenvalue weighted by Crippen LogP contribution is -2.28. The second-order valence-electron chi connectivity index (χ2n) is 4.89. The molecule has 1 N–H and O–H groups in total. The van der Waals surface area contributed by atoms with E-state index in [4.69, 9.17) is 16.3 Å². The van der Waals surface area contributed by atoms with Gasteiger partial charge in [0, 0.05) is 26.6 Å². The Morgan fingerprint density at radius 1 is 1.53 bits per heavy atom. The van der Waals surface area contributed by atoms with Crippen molar-refractivity contribution in [2.24, 2.45) is 5.92 Å². The maximum absolute atomic E-state index is 11.8. The number of aromatic hydroxyl groups is 1. The van der Waals surface area contributed by atoms with Crippen LogP contribution >= 0.6 is 11.6 Å². The van der Waals surface area contributed by atoms with Crippen LogP contribution in [0.4, 0.5) is 0 Å². The summed E-state index contributed by atoms with van der Waals surface area (Å²) in [6, 6.07) is 5.21. The number of likely N-dealkylation sites (tertiary alicyclic amines) is 1. The van der Waals surface area contributed by atoms with Crippen molar-refractivity contribution in [2.75, 3.05) is 26.8 Å². The molecule has 1 saturated heterocycles. The number of carbonyl (C=O) groups is 1. The van der Waals surface area contributed by atoms with Crippen LogP contribution in [0.25, 0.3) is 0 Å². The van der Waals surface area contributed by atoms with E-state index in [1.807, 2.05) is 11.0 Å². The first-order valence-electron chi connectivity index (χ1n) is 6.34. The Balaban J connectivity index is 1.93. The van der Waals surface area contributed by atoms with E-state index in [0.717, 1.165) is 18.5 Å². The quantitative estimate of drug-likeness (QED) is 0.900. The van der Waals surface area contributed by atoms with Gasteiger partial charge in [0.1, 0.15) is 5.75 Å². The van der Waals surface area contributed by atoms with Crippen molar-refractivity contribution in [3.05, 3.63) is 28.8 Å². The first kappa shape index (κ1) is 14.2. The first-order valence-corrected chi connectivity index (χ1v) is 6.72. The molecule has 1 aromatic carbocycles. The van der Waals surface area contributed by atoms with Crippen molar-refractivity contribution in [1.82, 2.24) is 4.90 Å². The summed E-state index contributed by atoms with van der Waals surface area (Å²) in [6.45, 7) is 1.99. The predicted octanol–water partition coefficient (Wildman–Crippen LogP) is 2.08. The van der Waals surface area contributed by atoms with E-state index in [-0.39, 0.29) is 11.7 Å². The molecular weight excluding hydrogens is 266 g/mol. The summed E-state index contributed by atoms with van der Waals surface area (Å²) >= 11 is 5.88. The van der Waals surface area contributed by atoms with E-state index in [1.165, 1.54) is 0 Å². The number of benzene rings is 1. The molecule has 1 aliphatic rings. The molecule has 1 amide bonds. The molecule has 1 aromatic rings. The Hall–Kier alpha value is -1.26. The van der Waals surface area contributed by atoms with Gasteiger partial charge in [-0.2, -0.15) is 0 Å². The minimum absolute atomic E-state index is 0.0923. The van der Waals surface area contributed by atoms with Crippen molar-refractivity contribution in [3.8, 4) is 5.75 Å². The largest absolute Gasteiger partial charge is 0.506 e. The second-order valence-corrected chi connectivity index (χ2v) is 5.30. The summed E-state index contributed by atoms with van der Waals surface area (Å²) in [5.41, 5.74) is 1.05. The number of hydrogen-bond acceptors (Lipinski definition) is 3. The third-order valence-corrected chi connectivity index (χ3v) is 3.70. The summed E-state index contributed by atoms with van der Waals surface area (Å²) in [7, 11) is 1.64. The SMILES string of the molecule is COCCN1C[C@H](Cc2ccc(O)c(Cl)c2)CC1=O. The zero-order valence-electron chi connectivity index (χ0n) is 10.9. The average Bonchev–Trinajstić information content (AvgIpc) is 2.72. The van der Waals surface area contributed by atoms with Gasteiger partial charge < -0.3 is 14.7 Å². The number of carbonyl (C=O) groups excluding carboxylic acids is 1. The molecule has 0 radical (unpaired) electrons. The van der Waals surface area contributed by atoms with Gasteiger partial charge in [0.05, 0.1) is 11.6 Å². The standard InChI is InChI=1S/C14H18ClNO3/c1-19-5-4-16-9-11(8-14(16)18)6-10-2-3-13(17)12(15)7-10/h2-3,7,11,17H,4-6,8-9H2,1H3/t11-/m1/s1. The maximum atomic E-state index is 11.8. The summed E-state index contributed by atoms with van der Waals surface area (Å²) in [5.74, 6) is 0.589. The number of ether oxygens (including phenoxy) is 1. The van der Waals surface area contributed by atoms with Gasteiger partial charge in [0.25, 0.3) is 0 Å². The van der Waals surface area contributed by atoms with E-state index in [2.05, 4.69) is 0 Å². The minimum Gasteiger partial charge on any atom is -0.506 e. The number of phenols is 1. The van der Waals surface area contributed by atoms with Crippen LogP contribution in [-0.4, -0.2) is 42.7 Å². The average molecular weight is 284 g/mol. The van der Waals surface area contributed by atoms with Crippen LogP contribution in [-0.2, 0) is 16.0 Å². The minimum atomic E-state index is 0.0923. The van der Waals surface area contributed by atoms with Gasteiger partial charge >= 0.3 is 0 Å². The van der Waals surface area contributed by atoms with Gasteiger partial charge in [-0.15, -0.1) is 0 Å². The lowest BCUT2D eigenvalue weighted by atomic mass is 9.98. The van der Waals surface area contributed by atoms with Crippen LogP contribution in [0.2, 0.25) is 5.02 Å². The predicted molar refractivity (Wildman–Crippen MR) is 73.4 cm³/mol. The number of nitrogens with zero attached hydrogens (tertiary/aromatic N) is 1. The van der Waals surface area contributed by atoms with E-state index in [0.29, 0.717) is 30.5 Å². The van der Waals surface area contributed by atoms with Gasteiger partial charge in [0.15, 0.2) is 0 Å². The van der Waals surface area contributed by atoms with Gasteiger partial charge in [0.2, 0.25) is 5.91 Å². The van der Waals surface area contributed by atoms with Crippen LogP contribution in [0.5, 0.6) is 5.75 Å². The smallest absolute Gasteiger partial charge is 0.223 e. The second kappa shape index (κ2) is 6.26. The topological polar surface area (TPSA) is 49.8 Å². The lowest BCUT2D eigenvalue weighted by Gasteiger charge is -2.16. The van der Waals surface area contributed by atoms with Crippen LogP contribution < -0.4 is 0 Å². The van der Waals surface area contributed by atoms with Crippen molar-refractivity contribution in [1.29, 1.82) is 0 Å². The number of rotatable bonds is 5. The zero-order chi connectivity index (χ0) is 13.8. The highest BCUT2D eigenvalue weighted by Gasteiger charge is 2.29. The fourth-order valence-corrected chi connectivity index (χ4v) is 2.62. The normalized spacial score (nSPS) is 19.2. The highest BCUT2D eigenvalue weighted by atomic mass is 35.5. The lowest BCUT2D eigenvalue weighted by molar-refractivity contribution is -0.128. The molecule has 5 heteroatoms. The van der Waals surface area contributed by atoms with Gasteiger partial charge in [-0.1, -0.05) is 17.7 Å². The van der Waals surface area contributed by atoms with E-state index >= 15 is 0 Å². The summed E-state index contributed by atoms with van der Waals surface area (Å²) < 4.78 is 5.00. The third-order valence-electron chi connectivity index (χ3n) is 3.40. The van der Waals surface area contributed by atoms with Gasteiger partial charge in [-0.3, -0.25) is 4.79 Å². The zero-order valence-corrected chi connectivity index (χ0v) is 11.7. The Kier molecular flexibility index (Phi) is 4.66. The molecule has 0 bridgehead atoms. The van der Waals surface area contributed by atoms with Crippen molar-refractivity contribution in [2.45, 2.75) is 12.8 Å². The molecule has 1 aliphatic heterocycles. The maximum Gasteiger partial charge on any atom is 0.223 e. The number of halogens is 1. The Morgan fingerprint density at radius 2 is 2.32 bits per heavy atom. The molecule has 0 aliphatic carbocycles. The number of methoxy groups -OCH3 is 1. The molecule has 0 spiro atoms. The first-order chi connectivity index (χ1) is 9.10. The molecule has 1 atom stereocenters. The number of phenolic OH excluding ortho intramolecular Hbond substituents is 1. The summed E-state index contributed by atoms with van der Waals surface area (Å²) in [5, 5.41) is 9.74. The molecular formula is C14H18ClNO3. The van der Waals surface area contributed by atoms with E-state index < -0.39 is 0 Å². The molecule has 104 valence electrons. The van der Waals surface area contributed by atoms with E-state index in [9.17, 15) is 9.90 Å². The fourth-order valence-electron chi connectivity index (χ4n) is 2.42. The third kappa shape index (κ3) is 3.61. The molecule has 1 fully saturated rings. The van der Waals surface area contributed by atoms with Crippen LogP contribution in [0, 0.1) is 5.92 Å². The molecule has 1 heterocycles. The van der Waals surface area contributed by atoms with Gasteiger partial charge in [-0.05, 0) is 30.0 Å². The Morgan fingerprint density at radius 3 is 3.00 bits per heavy atom. The van der Waals surface area contributed by atoms with Crippen molar-refractivity contribution < 1.29 is 14.6 Å². The van der Waals surface area contributed by atoms with Crippen LogP contribution in [0.15, 0.2) is 18.2 Å². The fraction of sp³-hybridized carbons (Fsp3) is 0.500. The summed E-state index contributed by atoms with van der Waals surface area (Å²) in [4.78, 5) is 13.6. The van der Waals surface area contributed by atoms with E-state index in [1.54, 1.807) is 19.2 Å². The highest BCUT2D eigenvalue weighted by molar-refractivity contribution is 6.32. The van der Waals surface area contributed by atoms with Gasteiger partial charge in [-0.25, -0.2) is 0 Å². The molecule has 0 aromatic heterocycles. The molecule has 0 unspecified atom stereocenters. The Bertz CT molecular complexity index is 464. The van der Waals surface area contributed by atoms with Crippen LogP contribution in [0.1, 0.15) is 12.0 Å². The summed E-state index contributed by atoms with van der Waals surface area (Å²) in [6.07, 6.45) is 1.37.